The van der Waals surface area contributed by atoms with Crippen LogP contribution in [0, 0.1) is 0 Å². The second-order valence-electron chi connectivity index (χ2n) is 3.20. The van der Waals surface area contributed by atoms with Crippen molar-refractivity contribution in [3.05, 3.63) is 30.3 Å². The molecular weight excluding hydrogens is 164 g/mol. The fraction of sp³-hybridized carbons (Fsp3) is 0.300. The molecule has 1 aromatic carbocycles. The zero-order valence-electron chi connectivity index (χ0n) is 7.51. The number of rotatable bonds is 1. The van der Waals surface area contributed by atoms with Crippen LogP contribution in [-0.4, -0.2) is 17.0 Å². The average Bonchev–Trinajstić information content (AvgIpc) is 2.47. The smallest absolute Gasteiger partial charge is 0.152 e. The molecule has 0 unspecified atom stereocenters. The van der Waals surface area contributed by atoms with Crippen molar-refractivity contribution in [2.24, 2.45) is 5.10 Å². The fourth-order valence-electron chi connectivity index (χ4n) is 1.45. The largest absolute Gasteiger partial charge is 0.371 e. The van der Waals surface area contributed by atoms with Gasteiger partial charge in [0, 0.05) is 12.1 Å². The lowest BCUT2D eigenvalue weighted by molar-refractivity contribution is 0.186. The lowest BCUT2D eigenvalue weighted by atomic mass is 10.2. The highest BCUT2D eigenvalue weighted by atomic mass is 16.3. The van der Waals surface area contributed by atoms with Gasteiger partial charge < -0.3 is 5.11 Å². The Bertz CT molecular complexity index is 321. The molecular formula is C10H12N2O. The van der Waals surface area contributed by atoms with E-state index in [9.17, 15) is 5.11 Å². The molecule has 0 radical (unpaired) electrons. The van der Waals surface area contributed by atoms with Gasteiger partial charge in [0.1, 0.15) is 0 Å². The van der Waals surface area contributed by atoms with E-state index in [0.29, 0.717) is 6.42 Å². The molecule has 0 saturated carbocycles. The Morgan fingerprint density at radius 3 is 2.62 bits per heavy atom. The first-order valence-corrected chi connectivity index (χ1v) is 4.34. The first-order valence-electron chi connectivity index (χ1n) is 4.34. The molecule has 0 saturated heterocycles. The van der Waals surface area contributed by atoms with Crippen LogP contribution in [0.15, 0.2) is 35.4 Å². The molecule has 0 aromatic heterocycles. The van der Waals surface area contributed by atoms with Gasteiger partial charge in [0.05, 0.1) is 5.69 Å². The van der Waals surface area contributed by atoms with E-state index in [0.717, 1.165) is 11.4 Å². The van der Waals surface area contributed by atoms with Crippen LogP contribution >= 0.6 is 0 Å². The molecule has 2 rings (SSSR count). The van der Waals surface area contributed by atoms with Crippen LogP contribution in [0.1, 0.15) is 13.3 Å². The van der Waals surface area contributed by atoms with Crippen LogP contribution in [0.3, 0.4) is 0 Å². The van der Waals surface area contributed by atoms with Gasteiger partial charge in [-0.05, 0) is 19.1 Å². The van der Waals surface area contributed by atoms with Gasteiger partial charge in [-0.2, -0.15) is 5.10 Å². The third kappa shape index (κ3) is 1.55. The first kappa shape index (κ1) is 8.26. The van der Waals surface area contributed by atoms with Gasteiger partial charge in [0.25, 0.3) is 0 Å². The van der Waals surface area contributed by atoms with Crippen molar-refractivity contribution in [2.75, 3.05) is 5.01 Å². The average molecular weight is 176 g/mol. The molecule has 13 heavy (non-hydrogen) atoms. The third-order valence-corrected chi connectivity index (χ3v) is 2.06. The zero-order chi connectivity index (χ0) is 9.26. The maximum Gasteiger partial charge on any atom is 0.152 e. The van der Waals surface area contributed by atoms with E-state index < -0.39 is 6.23 Å². The van der Waals surface area contributed by atoms with Crippen molar-refractivity contribution < 1.29 is 5.11 Å². The van der Waals surface area contributed by atoms with Crippen LogP contribution in [0.5, 0.6) is 0 Å². The van der Waals surface area contributed by atoms with Crippen molar-refractivity contribution in [3.8, 4) is 0 Å². The molecule has 1 heterocycles. The topological polar surface area (TPSA) is 35.8 Å². The summed E-state index contributed by atoms with van der Waals surface area (Å²) in [5.41, 5.74) is 1.91. The predicted octanol–water partition coefficient (Wildman–Crippen LogP) is 1.59. The van der Waals surface area contributed by atoms with Gasteiger partial charge in [-0.15, -0.1) is 0 Å². The summed E-state index contributed by atoms with van der Waals surface area (Å²) in [6.07, 6.45) is 0.136. The van der Waals surface area contributed by atoms with Crippen molar-refractivity contribution in [1.82, 2.24) is 0 Å². The number of hydrogen-bond acceptors (Lipinski definition) is 3. The fourth-order valence-corrected chi connectivity index (χ4v) is 1.45. The molecule has 0 aliphatic carbocycles. The van der Waals surface area contributed by atoms with E-state index in [1.54, 1.807) is 5.01 Å². The van der Waals surface area contributed by atoms with Crippen molar-refractivity contribution in [3.63, 3.8) is 0 Å². The molecule has 68 valence electrons. The molecule has 0 bridgehead atoms. The summed E-state index contributed by atoms with van der Waals surface area (Å²) >= 11 is 0. The summed E-state index contributed by atoms with van der Waals surface area (Å²) in [5.74, 6) is 0. The summed E-state index contributed by atoms with van der Waals surface area (Å²) in [6, 6.07) is 9.69. The Morgan fingerprint density at radius 1 is 1.38 bits per heavy atom. The first-order chi connectivity index (χ1) is 6.27. The normalized spacial score (nSPS) is 21.8. The van der Waals surface area contributed by atoms with Gasteiger partial charge in [-0.25, -0.2) is 5.01 Å². The molecule has 0 spiro atoms. The quantitative estimate of drug-likeness (QED) is 0.705. The Kier molecular flexibility index (Phi) is 2.02. The minimum absolute atomic E-state index is 0.498. The highest BCUT2D eigenvalue weighted by Crippen LogP contribution is 2.22. The number of aliphatic hydroxyl groups excluding tert-OH is 1. The molecule has 1 aliphatic heterocycles. The Morgan fingerprint density at radius 2 is 2.08 bits per heavy atom. The van der Waals surface area contributed by atoms with Crippen LogP contribution in [0.2, 0.25) is 0 Å². The van der Waals surface area contributed by atoms with Gasteiger partial charge in [0.15, 0.2) is 6.23 Å². The third-order valence-electron chi connectivity index (χ3n) is 2.06. The monoisotopic (exact) mass is 176 g/mol. The molecule has 1 aliphatic rings. The van der Waals surface area contributed by atoms with Crippen LogP contribution in [0.4, 0.5) is 5.69 Å². The van der Waals surface area contributed by atoms with E-state index >= 15 is 0 Å². The van der Waals surface area contributed by atoms with E-state index in [1.165, 1.54) is 0 Å². The molecule has 3 heteroatoms. The standard InChI is InChI=1S/C10H12N2O/c1-8-7-10(13)12(11-8)9-5-3-2-4-6-9/h2-6,10,13H,7H2,1H3/t10-/m0/s1. The molecule has 1 aromatic rings. The van der Waals surface area contributed by atoms with Crippen LogP contribution in [-0.2, 0) is 0 Å². The zero-order valence-corrected chi connectivity index (χ0v) is 7.51. The summed E-state index contributed by atoms with van der Waals surface area (Å²) in [5, 5.41) is 15.5. The summed E-state index contributed by atoms with van der Waals surface area (Å²) < 4.78 is 0. The molecule has 0 amide bonds. The van der Waals surface area contributed by atoms with Gasteiger partial charge in [-0.1, -0.05) is 18.2 Å². The number of aliphatic hydroxyl groups is 1. The van der Waals surface area contributed by atoms with Gasteiger partial charge >= 0.3 is 0 Å². The Hall–Kier alpha value is -1.35. The maximum atomic E-state index is 9.62. The summed E-state index contributed by atoms with van der Waals surface area (Å²) in [7, 11) is 0. The van der Waals surface area contributed by atoms with Crippen molar-refractivity contribution in [2.45, 2.75) is 19.6 Å². The van der Waals surface area contributed by atoms with E-state index in [-0.39, 0.29) is 0 Å². The number of para-hydroxylation sites is 1. The SMILES string of the molecule is CC1=NN(c2ccccc2)[C@@H](O)C1. The van der Waals surface area contributed by atoms with Crippen LogP contribution < -0.4 is 5.01 Å². The lowest BCUT2D eigenvalue weighted by Crippen LogP contribution is -2.25. The molecule has 0 fully saturated rings. The van der Waals surface area contributed by atoms with Crippen LogP contribution in [0.25, 0.3) is 0 Å². The Balaban J connectivity index is 2.27. The predicted molar refractivity (Wildman–Crippen MR) is 52.7 cm³/mol. The Labute approximate surface area is 77.3 Å². The highest BCUT2D eigenvalue weighted by molar-refractivity contribution is 5.86. The van der Waals surface area contributed by atoms with Crippen molar-refractivity contribution >= 4 is 11.4 Å². The highest BCUT2D eigenvalue weighted by Gasteiger charge is 2.22. The number of anilines is 1. The summed E-state index contributed by atoms with van der Waals surface area (Å²) in [6.45, 7) is 1.92. The van der Waals surface area contributed by atoms with E-state index in [4.69, 9.17) is 0 Å². The lowest BCUT2D eigenvalue weighted by Gasteiger charge is -2.18. The van der Waals surface area contributed by atoms with E-state index in [2.05, 4.69) is 5.10 Å². The van der Waals surface area contributed by atoms with Crippen molar-refractivity contribution in [1.29, 1.82) is 0 Å². The van der Waals surface area contributed by atoms with E-state index in [1.807, 2.05) is 37.3 Å². The molecule has 1 N–H and O–H groups in total. The number of nitrogens with zero attached hydrogens (tertiary/aromatic N) is 2. The number of hydrogen-bond donors (Lipinski definition) is 1. The van der Waals surface area contributed by atoms with Gasteiger partial charge in [0.2, 0.25) is 0 Å². The second kappa shape index (κ2) is 3.18. The number of benzene rings is 1. The minimum atomic E-state index is -0.498. The minimum Gasteiger partial charge on any atom is -0.371 e. The van der Waals surface area contributed by atoms with Gasteiger partial charge in [-0.3, -0.25) is 0 Å². The molecule has 3 nitrogen and oxygen atoms in total. The molecule has 1 atom stereocenters. The maximum absolute atomic E-state index is 9.62. The number of hydrazone groups is 1. The second-order valence-corrected chi connectivity index (χ2v) is 3.20. The summed E-state index contributed by atoms with van der Waals surface area (Å²) in [4.78, 5) is 0.